The third-order valence-electron chi connectivity index (χ3n) is 4.13. The molecule has 0 N–H and O–H groups in total. The van der Waals surface area contributed by atoms with Crippen molar-refractivity contribution in [2.45, 2.75) is 13.3 Å². The number of alkyl halides is 3. The van der Waals surface area contributed by atoms with Crippen LogP contribution in [0, 0.1) is 11.2 Å². The minimum absolute atomic E-state index is 0.0267. The molecule has 1 aliphatic rings. The molecular formula is C21H18F4O5. The minimum Gasteiger partial charge on any atom is -0.493 e. The van der Waals surface area contributed by atoms with Gasteiger partial charge in [0.1, 0.15) is 11.5 Å². The molecule has 0 unspecified atom stereocenters. The fourth-order valence-electron chi connectivity index (χ4n) is 2.53. The predicted molar refractivity (Wildman–Crippen MR) is 98.6 cm³/mol. The van der Waals surface area contributed by atoms with Crippen molar-refractivity contribution in [3.63, 3.8) is 0 Å². The monoisotopic (exact) mass is 426 g/mol. The number of rotatable bonds is 7. The Morgan fingerprint density at radius 1 is 1.13 bits per heavy atom. The number of carbonyl (C=O) groups is 1. The van der Waals surface area contributed by atoms with Gasteiger partial charge in [-0.1, -0.05) is 19.1 Å². The van der Waals surface area contributed by atoms with E-state index in [-0.39, 0.29) is 11.2 Å². The molecule has 1 heterocycles. The van der Waals surface area contributed by atoms with Crippen LogP contribution in [0.3, 0.4) is 0 Å². The molecule has 1 fully saturated rings. The van der Waals surface area contributed by atoms with Crippen LogP contribution in [0.4, 0.5) is 17.6 Å². The van der Waals surface area contributed by atoms with E-state index in [0.29, 0.717) is 37.2 Å². The third-order valence-corrected chi connectivity index (χ3v) is 4.13. The Morgan fingerprint density at radius 3 is 2.37 bits per heavy atom. The zero-order valence-electron chi connectivity index (χ0n) is 15.9. The molecule has 0 aromatic heterocycles. The van der Waals surface area contributed by atoms with Gasteiger partial charge in [-0.3, -0.25) is 0 Å². The molecule has 0 bridgehead atoms. The highest BCUT2D eigenvalue weighted by Gasteiger charge is 2.34. The largest absolute Gasteiger partial charge is 0.573 e. The average molecular weight is 426 g/mol. The number of hydrogen-bond acceptors (Lipinski definition) is 5. The smallest absolute Gasteiger partial charge is 0.493 e. The van der Waals surface area contributed by atoms with Gasteiger partial charge in [0, 0.05) is 17.6 Å². The van der Waals surface area contributed by atoms with Gasteiger partial charge < -0.3 is 18.9 Å². The van der Waals surface area contributed by atoms with Crippen molar-refractivity contribution in [3.8, 4) is 17.2 Å². The van der Waals surface area contributed by atoms with Gasteiger partial charge in [0.2, 0.25) is 0 Å². The normalized spacial score (nSPS) is 15.5. The summed E-state index contributed by atoms with van der Waals surface area (Å²) in [5.41, 5.74) is 0.719. The number of halogens is 4. The Labute approximate surface area is 169 Å². The SMILES string of the molecule is CC1(COc2ccc(/C=C/C(=O)Oc3ccc(OC(F)(F)F)c(F)c3)cc2)COC1. The number of carbonyl (C=O) groups excluding carboxylic acids is 1. The van der Waals surface area contributed by atoms with Crippen LogP contribution in [0.5, 0.6) is 17.2 Å². The molecule has 0 aliphatic carbocycles. The van der Waals surface area contributed by atoms with E-state index >= 15 is 0 Å². The van der Waals surface area contributed by atoms with Crippen molar-refractivity contribution < 1.29 is 41.3 Å². The zero-order valence-corrected chi connectivity index (χ0v) is 15.9. The Morgan fingerprint density at radius 2 is 1.80 bits per heavy atom. The highest BCUT2D eigenvalue weighted by Crippen LogP contribution is 2.29. The minimum atomic E-state index is -5.02. The molecule has 0 saturated carbocycles. The van der Waals surface area contributed by atoms with Crippen LogP contribution in [-0.2, 0) is 9.53 Å². The summed E-state index contributed by atoms with van der Waals surface area (Å²) in [5, 5.41) is 0. The fourth-order valence-corrected chi connectivity index (χ4v) is 2.53. The lowest BCUT2D eigenvalue weighted by Crippen LogP contribution is -2.44. The van der Waals surface area contributed by atoms with Crippen LogP contribution < -0.4 is 14.2 Å². The van der Waals surface area contributed by atoms with Crippen molar-refractivity contribution >= 4 is 12.0 Å². The summed E-state index contributed by atoms with van der Waals surface area (Å²) < 4.78 is 69.3. The van der Waals surface area contributed by atoms with Crippen molar-refractivity contribution in [1.82, 2.24) is 0 Å². The highest BCUT2D eigenvalue weighted by atomic mass is 19.4. The average Bonchev–Trinajstić information content (AvgIpc) is 2.65. The topological polar surface area (TPSA) is 54.0 Å². The first-order valence-corrected chi connectivity index (χ1v) is 8.88. The summed E-state index contributed by atoms with van der Waals surface area (Å²) in [7, 11) is 0. The van der Waals surface area contributed by atoms with Gasteiger partial charge in [0.15, 0.2) is 11.6 Å². The molecule has 0 atom stereocenters. The van der Waals surface area contributed by atoms with Crippen LogP contribution in [0.1, 0.15) is 12.5 Å². The molecule has 1 saturated heterocycles. The van der Waals surface area contributed by atoms with Gasteiger partial charge in [-0.05, 0) is 35.9 Å². The first-order valence-electron chi connectivity index (χ1n) is 8.88. The first-order chi connectivity index (χ1) is 14.1. The van der Waals surface area contributed by atoms with E-state index in [2.05, 4.69) is 11.7 Å². The summed E-state index contributed by atoms with van der Waals surface area (Å²) in [6.07, 6.45) is -2.43. The Hall–Kier alpha value is -3.07. The van der Waals surface area contributed by atoms with E-state index < -0.39 is 23.9 Å². The maximum atomic E-state index is 13.6. The highest BCUT2D eigenvalue weighted by molar-refractivity contribution is 5.88. The molecular weight excluding hydrogens is 408 g/mol. The molecule has 1 aliphatic heterocycles. The number of hydrogen-bond donors (Lipinski definition) is 0. The summed E-state index contributed by atoms with van der Waals surface area (Å²) in [4.78, 5) is 11.9. The lowest BCUT2D eigenvalue weighted by molar-refractivity contribution is -0.275. The van der Waals surface area contributed by atoms with Gasteiger partial charge in [-0.2, -0.15) is 0 Å². The van der Waals surface area contributed by atoms with Gasteiger partial charge in [0.05, 0.1) is 19.8 Å². The summed E-state index contributed by atoms with van der Waals surface area (Å²) in [6.45, 7) is 3.94. The molecule has 2 aromatic rings. The molecule has 5 nitrogen and oxygen atoms in total. The van der Waals surface area contributed by atoms with Gasteiger partial charge in [-0.15, -0.1) is 13.2 Å². The molecule has 160 valence electrons. The standard InChI is InChI=1S/C21H18F4O5/c1-20(11-27-12-20)13-28-15-5-2-14(3-6-15)4-9-19(26)29-16-7-8-18(17(22)10-16)30-21(23,24)25/h2-10H,11-13H2,1H3/b9-4+. The predicted octanol–water partition coefficient (Wildman–Crippen LogP) is 4.76. The molecule has 0 spiro atoms. The molecule has 9 heteroatoms. The van der Waals surface area contributed by atoms with Crippen LogP contribution >= 0.6 is 0 Å². The second-order valence-electron chi connectivity index (χ2n) is 7.06. The van der Waals surface area contributed by atoms with Crippen LogP contribution in [0.2, 0.25) is 0 Å². The zero-order chi connectivity index (χ0) is 21.8. The second kappa shape index (κ2) is 8.74. The molecule has 3 rings (SSSR count). The fraction of sp³-hybridized carbons (Fsp3) is 0.286. The molecule has 0 radical (unpaired) electrons. The Balaban J connectivity index is 1.52. The Bertz CT molecular complexity index is 918. The maximum absolute atomic E-state index is 13.6. The molecule has 2 aromatic carbocycles. The molecule has 0 amide bonds. The third kappa shape index (κ3) is 6.21. The lowest BCUT2D eigenvalue weighted by atomic mass is 9.90. The molecule has 30 heavy (non-hydrogen) atoms. The van der Waals surface area contributed by atoms with Gasteiger partial charge in [-0.25, -0.2) is 9.18 Å². The van der Waals surface area contributed by atoms with Crippen LogP contribution in [0.15, 0.2) is 48.5 Å². The quantitative estimate of drug-likeness (QED) is 0.277. The van der Waals surface area contributed by atoms with Crippen LogP contribution in [0.25, 0.3) is 6.08 Å². The summed E-state index contributed by atoms with van der Waals surface area (Å²) in [6, 6.07) is 9.33. The van der Waals surface area contributed by atoms with E-state index in [4.69, 9.17) is 14.2 Å². The lowest BCUT2D eigenvalue weighted by Gasteiger charge is -2.37. The van der Waals surface area contributed by atoms with E-state index in [1.807, 2.05) is 0 Å². The van der Waals surface area contributed by atoms with Crippen molar-refractivity contribution in [3.05, 3.63) is 59.9 Å². The summed E-state index contributed by atoms with van der Waals surface area (Å²) >= 11 is 0. The second-order valence-corrected chi connectivity index (χ2v) is 7.06. The number of esters is 1. The Kier molecular flexibility index (Phi) is 6.31. The van der Waals surface area contributed by atoms with Crippen molar-refractivity contribution in [1.29, 1.82) is 0 Å². The van der Waals surface area contributed by atoms with Gasteiger partial charge in [0.25, 0.3) is 0 Å². The van der Waals surface area contributed by atoms with E-state index in [1.54, 1.807) is 24.3 Å². The number of ether oxygens (including phenoxy) is 4. The number of benzene rings is 2. The van der Waals surface area contributed by atoms with E-state index in [9.17, 15) is 22.4 Å². The van der Waals surface area contributed by atoms with Gasteiger partial charge >= 0.3 is 12.3 Å². The van der Waals surface area contributed by atoms with Crippen LogP contribution in [-0.4, -0.2) is 32.2 Å². The van der Waals surface area contributed by atoms with E-state index in [0.717, 1.165) is 18.2 Å². The first kappa shape index (κ1) is 21.6. The van der Waals surface area contributed by atoms with Crippen molar-refractivity contribution in [2.75, 3.05) is 19.8 Å². The summed E-state index contributed by atoms with van der Waals surface area (Å²) in [5.74, 6) is -2.72. The van der Waals surface area contributed by atoms with E-state index in [1.165, 1.54) is 6.08 Å². The maximum Gasteiger partial charge on any atom is 0.573 e. The van der Waals surface area contributed by atoms with Crippen molar-refractivity contribution in [2.24, 2.45) is 5.41 Å².